The minimum Gasteiger partial charge on any atom is -0.494 e. The molecule has 4 amide bonds. The van der Waals surface area contributed by atoms with Gasteiger partial charge < -0.3 is 24.4 Å². The summed E-state index contributed by atoms with van der Waals surface area (Å²) in [6.45, 7) is 11.8. The van der Waals surface area contributed by atoms with Crippen molar-refractivity contribution in [2.45, 2.75) is 96.6 Å². The lowest BCUT2D eigenvalue weighted by molar-refractivity contribution is -0.136. The number of unbranched alkanes of at least 4 members (excludes halogenated alkanes) is 5. The monoisotopic (exact) mass is 830 g/mol. The van der Waals surface area contributed by atoms with Gasteiger partial charge in [-0.1, -0.05) is 70.7 Å². The number of hydrogen-bond donors (Lipinski definition) is 2. The van der Waals surface area contributed by atoms with Crippen LogP contribution in [0.2, 0.25) is 0 Å². The number of piperidine rings is 1. The maximum absolute atomic E-state index is 13.0. The Morgan fingerprint density at radius 2 is 1.39 bits per heavy atom. The highest BCUT2D eigenvalue weighted by Gasteiger charge is 2.44. The average Bonchev–Trinajstić information content (AvgIpc) is 3.49. The summed E-state index contributed by atoms with van der Waals surface area (Å²) in [7, 11) is 0. The van der Waals surface area contributed by atoms with E-state index in [0.717, 1.165) is 85.5 Å². The van der Waals surface area contributed by atoms with Gasteiger partial charge in [-0.15, -0.1) is 0 Å². The van der Waals surface area contributed by atoms with Crippen molar-refractivity contribution < 1.29 is 33.4 Å². The van der Waals surface area contributed by atoms with Crippen LogP contribution in [-0.2, 0) is 26.3 Å². The molecule has 2 N–H and O–H groups in total. The van der Waals surface area contributed by atoms with E-state index >= 15 is 0 Å². The Hall–Kier alpha value is -5.82. The molecular formula is C48H58N6O7. The van der Waals surface area contributed by atoms with Crippen LogP contribution in [0.15, 0.2) is 79.0 Å². The standard InChI is InChI=1S/C48H58N6O7/c1-33-30-53(31-33)47-50-25-23-37(51-47)32-61-39-18-13-35(14-19-39)48(2,3)34-11-16-38(17-12-34)60-28-9-7-5-4-6-8-26-59-27-10-24-49-36-15-20-40-41(29-36)46(58)54(45(40)57)42-21-22-43(55)52-44(42)56/h11-20,23,25,29,33,42,49H,4-10,21-22,24,26-28,30-32H2,1-3H3,(H,52,55,56). The molecule has 0 radical (unpaired) electrons. The lowest BCUT2D eigenvalue weighted by Crippen LogP contribution is -2.54. The Bertz CT molecular complexity index is 2150. The normalized spacial score (nSPS) is 16.7. The van der Waals surface area contributed by atoms with Crippen molar-refractivity contribution >= 4 is 35.3 Å². The number of fused-ring (bicyclic) bond motifs is 1. The number of nitrogens with zero attached hydrogens (tertiary/aromatic N) is 4. The molecule has 0 saturated carbocycles. The highest BCUT2D eigenvalue weighted by Crippen LogP contribution is 2.34. The molecule has 7 rings (SSSR count). The predicted octanol–water partition coefficient (Wildman–Crippen LogP) is 7.48. The van der Waals surface area contributed by atoms with Gasteiger partial charge in [0.1, 0.15) is 24.1 Å². The van der Waals surface area contributed by atoms with Gasteiger partial charge >= 0.3 is 0 Å². The minimum absolute atomic E-state index is 0.0923. The Morgan fingerprint density at radius 3 is 2.08 bits per heavy atom. The zero-order valence-electron chi connectivity index (χ0n) is 35.6. The quantitative estimate of drug-likeness (QED) is 0.0599. The van der Waals surface area contributed by atoms with E-state index in [9.17, 15) is 19.2 Å². The largest absolute Gasteiger partial charge is 0.494 e. The fraction of sp³-hybridized carbons (Fsp3) is 0.458. The van der Waals surface area contributed by atoms with Gasteiger partial charge in [-0.3, -0.25) is 29.4 Å². The molecule has 4 aromatic rings. The minimum atomic E-state index is -0.970. The van der Waals surface area contributed by atoms with E-state index in [4.69, 9.17) is 14.2 Å². The Morgan fingerprint density at radius 1 is 0.754 bits per heavy atom. The predicted molar refractivity (Wildman–Crippen MR) is 233 cm³/mol. The lowest BCUT2D eigenvalue weighted by Gasteiger charge is -2.37. The Kier molecular flexibility index (Phi) is 14.3. The zero-order valence-corrected chi connectivity index (χ0v) is 35.6. The average molecular weight is 831 g/mol. The number of anilines is 2. The van der Waals surface area contributed by atoms with E-state index < -0.39 is 29.7 Å². The Labute approximate surface area is 358 Å². The maximum atomic E-state index is 13.0. The van der Waals surface area contributed by atoms with Crippen molar-refractivity contribution in [3.05, 3.63) is 107 Å². The first-order chi connectivity index (χ1) is 29.6. The fourth-order valence-corrected chi connectivity index (χ4v) is 8.03. The van der Waals surface area contributed by atoms with E-state index in [2.05, 4.69) is 82.7 Å². The smallest absolute Gasteiger partial charge is 0.262 e. The molecule has 1 aromatic heterocycles. The van der Waals surface area contributed by atoms with Gasteiger partial charge in [-0.2, -0.15) is 0 Å². The molecule has 1 unspecified atom stereocenters. The molecular weight excluding hydrogens is 773 g/mol. The van der Waals surface area contributed by atoms with Crippen LogP contribution in [-0.4, -0.2) is 84.0 Å². The number of imide groups is 2. The zero-order chi connectivity index (χ0) is 42.8. The van der Waals surface area contributed by atoms with Crippen LogP contribution in [0.25, 0.3) is 0 Å². The summed E-state index contributed by atoms with van der Waals surface area (Å²) >= 11 is 0. The number of ether oxygens (including phenoxy) is 3. The van der Waals surface area contributed by atoms with Gasteiger partial charge in [-0.05, 0) is 91.3 Å². The third-order valence-electron chi connectivity index (χ3n) is 11.8. The molecule has 13 heteroatoms. The first kappa shape index (κ1) is 43.3. The van der Waals surface area contributed by atoms with Gasteiger partial charge in [0.25, 0.3) is 11.8 Å². The van der Waals surface area contributed by atoms with E-state index in [0.29, 0.717) is 32.3 Å². The molecule has 0 bridgehead atoms. The van der Waals surface area contributed by atoms with Crippen molar-refractivity contribution in [1.29, 1.82) is 0 Å². The van der Waals surface area contributed by atoms with Gasteiger partial charge in [-0.25, -0.2) is 9.97 Å². The molecule has 322 valence electrons. The molecule has 3 aliphatic heterocycles. The topological polar surface area (TPSA) is 152 Å². The molecule has 0 spiro atoms. The first-order valence-corrected chi connectivity index (χ1v) is 21.8. The second-order valence-electron chi connectivity index (χ2n) is 16.9. The third-order valence-corrected chi connectivity index (χ3v) is 11.8. The van der Waals surface area contributed by atoms with Gasteiger partial charge in [0.2, 0.25) is 17.8 Å². The molecule has 3 aliphatic rings. The number of amides is 4. The number of benzene rings is 3. The summed E-state index contributed by atoms with van der Waals surface area (Å²) in [6.07, 6.45) is 9.48. The van der Waals surface area contributed by atoms with Gasteiger partial charge in [0, 0.05) is 56.6 Å². The van der Waals surface area contributed by atoms with Gasteiger partial charge in [0.15, 0.2) is 0 Å². The summed E-state index contributed by atoms with van der Waals surface area (Å²) in [6, 6.07) is 22.8. The second-order valence-corrected chi connectivity index (χ2v) is 16.9. The highest BCUT2D eigenvalue weighted by molar-refractivity contribution is 6.23. The number of carbonyl (C=O) groups is 4. The summed E-state index contributed by atoms with van der Waals surface area (Å²) in [5.74, 6) is 1.15. The van der Waals surface area contributed by atoms with Crippen LogP contribution in [0.3, 0.4) is 0 Å². The van der Waals surface area contributed by atoms with Crippen LogP contribution in [0, 0.1) is 5.92 Å². The number of nitrogens with one attached hydrogen (secondary N) is 2. The summed E-state index contributed by atoms with van der Waals surface area (Å²) < 4.78 is 18.0. The maximum Gasteiger partial charge on any atom is 0.262 e. The second kappa shape index (κ2) is 20.2. The van der Waals surface area contributed by atoms with Gasteiger partial charge in [0.05, 0.1) is 23.4 Å². The van der Waals surface area contributed by atoms with Crippen LogP contribution in [0.5, 0.6) is 11.5 Å². The number of aromatic nitrogens is 2. The SMILES string of the molecule is CC1CN(c2nccc(COc3ccc(C(C)(C)c4ccc(OCCCCCCCCOCCCNc5ccc6c(c5)C(=O)N(C5CCC(=O)NC5=O)C6=O)cc4)cc3)n2)C1. The number of rotatable bonds is 22. The Balaban J connectivity index is 0.707. The molecule has 2 fully saturated rings. The van der Waals surface area contributed by atoms with Crippen molar-refractivity contribution in [3.8, 4) is 11.5 Å². The van der Waals surface area contributed by atoms with Crippen molar-refractivity contribution in [3.63, 3.8) is 0 Å². The van der Waals surface area contributed by atoms with Crippen LogP contribution in [0.1, 0.15) is 116 Å². The van der Waals surface area contributed by atoms with Crippen LogP contribution >= 0.6 is 0 Å². The molecule has 61 heavy (non-hydrogen) atoms. The van der Waals surface area contributed by atoms with Crippen LogP contribution in [0.4, 0.5) is 11.6 Å². The van der Waals surface area contributed by atoms with Crippen molar-refractivity contribution in [2.75, 3.05) is 49.7 Å². The van der Waals surface area contributed by atoms with Crippen molar-refractivity contribution in [2.24, 2.45) is 5.92 Å². The molecule has 0 aliphatic carbocycles. The number of hydrogen-bond acceptors (Lipinski definition) is 11. The van der Waals surface area contributed by atoms with E-state index in [1.54, 1.807) is 24.4 Å². The van der Waals surface area contributed by atoms with E-state index in [1.165, 1.54) is 24.0 Å². The van der Waals surface area contributed by atoms with E-state index in [-0.39, 0.29) is 29.4 Å². The first-order valence-electron chi connectivity index (χ1n) is 21.8. The lowest BCUT2D eigenvalue weighted by atomic mass is 9.78. The fourth-order valence-electron chi connectivity index (χ4n) is 8.03. The summed E-state index contributed by atoms with van der Waals surface area (Å²) in [5.41, 5.74) is 4.38. The summed E-state index contributed by atoms with van der Waals surface area (Å²) in [5, 5.41) is 5.51. The van der Waals surface area contributed by atoms with Crippen molar-refractivity contribution in [1.82, 2.24) is 20.2 Å². The molecule has 13 nitrogen and oxygen atoms in total. The number of carbonyl (C=O) groups excluding carboxylic acids is 4. The third kappa shape index (κ3) is 10.9. The van der Waals surface area contributed by atoms with Crippen LogP contribution < -0.4 is 25.0 Å². The summed E-state index contributed by atoms with van der Waals surface area (Å²) in [4.78, 5) is 62.0. The molecule has 4 heterocycles. The van der Waals surface area contributed by atoms with E-state index in [1.807, 2.05) is 18.2 Å². The molecule has 2 saturated heterocycles. The molecule has 1 atom stereocenters. The highest BCUT2D eigenvalue weighted by atomic mass is 16.5. The molecule has 3 aromatic carbocycles.